The predicted octanol–water partition coefficient (Wildman–Crippen LogP) is 5.42. The Bertz CT molecular complexity index is 1330. The molecule has 2 aromatic carbocycles. The van der Waals surface area contributed by atoms with Gasteiger partial charge in [-0.15, -0.1) is 13.2 Å². The Morgan fingerprint density at radius 3 is 2.40 bits per heavy atom. The number of piperidine rings is 1. The van der Waals surface area contributed by atoms with Crippen molar-refractivity contribution in [1.29, 1.82) is 0 Å². The summed E-state index contributed by atoms with van der Waals surface area (Å²) in [6, 6.07) is 10.2. The third-order valence-corrected chi connectivity index (χ3v) is 6.29. The molecule has 8 nitrogen and oxygen atoms in total. The van der Waals surface area contributed by atoms with E-state index in [0.29, 0.717) is 43.0 Å². The summed E-state index contributed by atoms with van der Waals surface area (Å²) in [6.07, 6.45) is -7.78. The van der Waals surface area contributed by atoms with Gasteiger partial charge in [0.05, 0.1) is 5.56 Å². The summed E-state index contributed by atoms with van der Waals surface area (Å²) >= 11 is 0. The summed E-state index contributed by atoms with van der Waals surface area (Å²) in [7, 11) is 1.61. The van der Waals surface area contributed by atoms with Gasteiger partial charge in [-0.1, -0.05) is 24.3 Å². The van der Waals surface area contributed by atoms with E-state index in [-0.39, 0.29) is 36.6 Å². The first-order valence-corrected chi connectivity index (χ1v) is 12.4. The highest BCUT2D eigenvalue weighted by molar-refractivity contribution is 5.76. The normalized spacial score (nSPS) is 14.6. The van der Waals surface area contributed by atoms with E-state index in [1.165, 1.54) is 30.3 Å². The zero-order chi connectivity index (χ0) is 28.9. The fourth-order valence-electron chi connectivity index (χ4n) is 4.31. The number of rotatable bonds is 8. The number of nitrogens with one attached hydrogen (secondary N) is 2. The number of aromatic nitrogens is 3. The van der Waals surface area contributed by atoms with Crippen LogP contribution in [0.2, 0.25) is 0 Å². The second-order valence-electron chi connectivity index (χ2n) is 9.22. The molecular formula is C26H26F6N6O2. The molecule has 4 rings (SSSR count). The molecule has 1 aliphatic rings. The number of nitrogens with zero attached hydrogens (tertiary/aromatic N) is 4. The summed E-state index contributed by atoms with van der Waals surface area (Å²) < 4.78 is 80.6. The zero-order valence-corrected chi connectivity index (χ0v) is 21.3. The Morgan fingerprint density at radius 2 is 1.73 bits per heavy atom. The van der Waals surface area contributed by atoms with Crippen molar-refractivity contribution in [3.63, 3.8) is 0 Å². The molecule has 1 amide bonds. The van der Waals surface area contributed by atoms with Crippen LogP contribution in [0.4, 0.5) is 38.2 Å². The number of benzene rings is 2. The molecule has 1 aromatic heterocycles. The van der Waals surface area contributed by atoms with Gasteiger partial charge in [0.25, 0.3) is 0 Å². The van der Waals surface area contributed by atoms with Crippen molar-refractivity contribution in [2.24, 2.45) is 5.92 Å². The van der Waals surface area contributed by atoms with Crippen molar-refractivity contribution < 1.29 is 35.9 Å². The molecule has 0 aliphatic carbocycles. The van der Waals surface area contributed by atoms with Crippen molar-refractivity contribution in [1.82, 2.24) is 20.3 Å². The van der Waals surface area contributed by atoms with E-state index in [4.69, 9.17) is 0 Å². The van der Waals surface area contributed by atoms with Gasteiger partial charge in [-0.3, -0.25) is 4.79 Å². The van der Waals surface area contributed by atoms with Crippen LogP contribution in [0.15, 0.2) is 48.5 Å². The SMILES string of the molecule is CNc1nc(-c2cccc(OC(F)(F)F)c2)nc(N2CCC(CC(=O)NCc3cccc(C(F)(F)F)c3)CC2)n1. The maximum Gasteiger partial charge on any atom is 0.573 e. The number of carbonyl (C=O) groups is 1. The number of amides is 1. The first kappa shape index (κ1) is 28.9. The summed E-state index contributed by atoms with van der Waals surface area (Å²) in [5, 5.41) is 5.51. The van der Waals surface area contributed by atoms with E-state index in [9.17, 15) is 31.1 Å². The lowest BCUT2D eigenvalue weighted by molar-refractivity contribution is -0.274. The number of ether oxygens (including phenoxy) is 1. The van der Waals surface area contributed by atoms with Crippen LogP contribution in [0.1, 0.15) is 30.4 Å². The van der Waals surface area contributed by atoms with E-state index in [2.05, 4.69) is 30.3 Å². The first-order valence-electron chi connectivity index (χ1n) is 12.4. The van der Waals surface area contributed by atoms with Crippen molar-refractivity contribution in [2.75, 3.05) is 30.4 Å². The Morgan fingerprint density at radius 1 is 1.00 bits per heavy atom. The smallest absolute Gasteiger partial charge is 0.406 e. The van der Waals surface area contributed by atoms with Gasteiger partial charge in [-0.2, -0.15) is 28.1 Å². The topological polar surface area (TPSA) is 92.3 Å². The molecular weight excluding hydrogens is 542 g/mol. The molecule has 0 unspecified atom stereocenters. The summed E-state index contributed by atoms with van der Waals surface area (Å²) in [5.74, 6) is 0.140. The van der Waals surface area contributed by atoms with Crippen LogP contribution < -0.4 is 20.3 Å². The van der Waals surface area contributed by atoms with Gasteiger partial charge in [-0.05, 0) is 48.6 Å². The molecule has 214 valence electrons. The number of halogens is 6. The van der Waals surface area contributed by atoms with E-state index in [1.807, 2.05) is 4.90 Å². The summed E-state index contributed by atoms with van der Waals surface area (Å²) in [6.45, 7) is 1.04. The highest BCUT2D eigenvalue weighted by atomic mass is 19.4. The third-order valence-electron chi connectivity index (χ3n) is 6.29. The molecule has 2 N–H and O–H groups in total. The van der Waals surface area contributed by atoms with Crippen LogP contribution in [0, 0.1) is 5.92 Å². The quantitative estimate of drug-likeness (QED) is 0.351. The second-order valence-corrected chi connectivity index (χ2v) is 9.22. The zero-order valence-electron chi connectivity index (χ0n) is 21.3. The minimum absolute atomic E-state index is 0.00274. The molecule has 14 heteroatoms. The Hall–Kier alpha value is -4.10. The standard InChI is InChI=1S/C26H26F6N6O2/c1-33-23-35-22(18-5-3-7-20(14-18)40-26(30,31)32)36-24(37-23)38-10-8-16(9-11-38)13-21(39)34-15-17-4-2-6-19(12-17)25(27,28)29/h2-7,12,14,16H,8-11,13,15H2,1H3,(H,34,39)(H,33,35,36,37). The number of anilines is 2. The Balaban J connectivity index is 1.35. The van der Waals surface area contributed by atoms with Crippen molar-refractivity contribution in [3.05, 3.63) is 59.7 Å². The molecule has 0 bridgehead atoms. The fourth-order valence-corrected chi connectivity index (χ4v) is 4.31. The van der Waals surface area contributed by atoms with Gasteiger partial charge in [0.15, 0.2) is 5.82 Å². The molecule has 1 fully saturated rings. The highest BCUT2D eigenvalue weighted by Crippen LogP contribution is 2.30. The highest BCUT2D eigenvalue weighted by Gasteiger charge is 2.32. The van der Waals surface area contributed by atoms with Crippen LogP contribution in [0.25, 0.3) is 11.4 Å². The number of carbonyl (C=O) groups excluding carboxylic acids is 1. The second kappa shape index (κ2) is 12.0. The van der Waals surface area contributed by atoms with Crippen LogP contribution >= 0.6 is 0 Å². The van der Waals surface area contributed by atoms with Crippen molar-refractivity contribution >= 4 is 17.8 Å². The van der Waals surface area contributed by atoms with E-state index in [0.717, 1.165) is 12.1 Å². The molecule has 3 aromatic rings. The number of alkyl halides is 6. The lowest BCUT2D eigenvalue weighted by Crippen LogP contribution is -2.37. The maximum atomic E-state index is 12.9. The van der Waals surface area contributed by atoms with Crippen molar-refractivity contribution in [2.45, 2.75) is 38.3 Å². The molecule has 2 heterocycles. The average Bonchev–Trinajstić information content (AvgIpc) is 2.91. The van der Waals surface area contributed by atoms with E-state index in [1.54, 1.807) is 13.1 Å². The van der Waals surface area contributed by atoms with Crippen LogP contribution in [-0.4, -0.2) is 47.4 Å². The molecule has 1 saturated heterocycles. The Labute approximate surface area is 225 Å². The molecule has 1 aliphatic heterocycles. The van der Waals surface area contributed by atoms with Crippen LogP contribution in [0.3, 0.4) is 0 Å². The third kappa shape index (κ3) is 7.96. The Kier molecular flexibility index (Phi) is 8.64. The maximum absolute atomic E-state index is 12.9. The van der Waals surface area contributed by atoms with Crippen LogP contribution in [-0.2, 0) is 17.5 Å². The minimum Gasteiger partial charge on any atom is -0.406 e. The van der Waals surface area contributed by atoms with Gasteiger partial charge in [-0.25, -0.2) is 0 Å². The van der Waals surface area contributed by atoms with Gasteiger partial charge in [0.2, 0.25) is 17.8 Å². The molecule has 0 atom stereocenters. The van der Waals surface area contributed by atoms with Gasteiger partial charge in [0, 0.05) is 38.7 Å². The van der Waals surface area contributed by atoms with Gasteiger partial charge in [0.1, 0.15) is 5.75 Å². The first-order chi connectivity index (χ1) is 18.9. The molecule has 0 radical (unpaired) electrons. The largest absolute Gasteiger partial charge is 0.573 e. The van der Waals surface area contributed by atoms with Crippen LogP contribution in [0.5, 0.6) is 5.75 Å². The van der Waals surface area contributed by atoms with Gasteiger partial charge >= 0.3 is 12.5 Å². The molecule has 40 heavy (non-hydrogen) atoms. The molecule has 0 saturated carbocycles. The minimum atomic E-state index is -4.83. The summed E-state index contributed by atoms with van der Waals surface area (Å²) in [5.41, 5.74) is -0.0920. The fraction of sp³-hybridized carbons (Fsp3) is 0.385. The van der Waals surface area contributed by atoms with Gasteiger partial charge < -0.3 is 20.3 Å². The number of hydrogen-bond acceptors (Lipinski definition) is 7. The van der Waals surface area contributed by atoms with E-state index < -0.39 is 23.9 Å². The summed E-state index contributed by atoms with van der Waals surface area (Å²) in [4.78, 5) is 27.4. The lowest BCUT2D eigenvalue weighted by atomic mass is 9.93. The molecule has 0 spiro atoms. The number of hydrogen-bond donors (Lipinski definition) is 2. The lowest BCUT2D eigenvalue weighted by Gasteiger charge is -2.32. The van der Waals surface area contributed by atoms with Crippen molar-refractivity contribution in [3.8, 4) is 17.1 Å². The monoisotopic (exact) mass is 568 g/mol. The average molecular weight is 569 g/mol. The van der Waals surface area contributed by atoms with E-state index >= 15 is 0 Å². The predicted molar refractivity (Wildman–Crippen MR) is 134 cm³/mol.